The van der Waals surface area contributed by atoms with Crippen molar-refractivity contribution < 1.29 is 14.1 Å². The molecule has 0 aliphatic rings. The van der Waals surface area contributed by atoms with E-state index in [0.717, 1.165) is 18.4 Å². The molecule has 0 aliphatic heterocycles. The molecule has 0 spiro atoms. The number of aromatic nitrogens is 1. The third-order valence-electron chi connectivity index (χ3n) is 3.25. The van der Waals surface area contributed by atoms with Gasteiger partial charge in [-0.1, -0.05) is 42.2 Å². The zero-order chi connectivity index (χ0) is 16.8. The first-order valence-electron chi connectivity index (χ1n) is 7.31. The summed E-state index contributed by atoms with van der Waals surface area (Å²) in [7, 11) is 0. The van der Waals surface area contributed by atoms with E-state index in [2.05, 4.69) is 5.16 Å². The number of hydrogen-bond donors (Lipinski definition) is 1. The molecule has 1 heterocycles. The molecule has 23 heavy (non-hydrogen) atoms. The van der Waals surface area contributed by atoms with Gasteiger partial charge in [0.25, 0.3) is 5.91 Å². The van der Waals surface area contributed by atoms with Crippen LogP contribution in [0.1, 0.15) is 30.3 Å². The summed E-state index contributed by atoms with van der Waals surface area (Å²) in [6, 6.07) is 8.58. The number of halogens is 1. The van der Waals surface area contributed by atoms with Crippen LogP contribution in [0.25, 0.3) is 11.3 Å². The number of unbranched alkanes of at least 4 members (excludes halogenated alkanes) is 1. The number of carbonyl (C=O) groups is 2. The van der Waals surface area contributed by atoms with Crippen LogP contribution >= 0.6 is 11.6 Å². The van der Waals surface area contributed by atoms with Gasteiger partial charge in [-0.15, -0.1) is 0 Å². The van der Waals surface area contributed by atoms with Crippen molar-refractivity contribution in [1.82, 2.24) is 10.1 Å². The Bertz CT molecular complexity index is 699. The Kier molecular flexibility index (Phi) is 5.76. The molecule has 2 N–H and O–H groups in total. The Morgan fingerprint density at radius 1 is 1.35 bits per heavy atom. The summed E-state index contributed by atoms with van der Waals surface area (Å²) in [6.45, 7) is 2.30. The molecule has 2 amide bonds. The van der Waals surface area contributed by atoms with Gasteiger partial charge in [0.15, 0.2) is 11.5 Å². The Labute approximate surface area is 139 Å². The van der Waals surface area contributed by atoms with Gasteiger partial charge in [-0.25, -0.2) is 0 Å². The van der Waals surface area contributed by atoms with Crippen molar-refractivity contribution in [3.63, 3.8) is 0 Å². The van der Waals surface area contributed by atoms with E-state index in [9.17, 15) is 9.59 Å². The predicted molar refractivity (Wildman–Crippen MR) is 87.0 cm³/mol. The van der Waals surface area contributed by atoms with Gasteiger partial charge in [0, 0.05) is 23.2 Å². The van der Waals surface area contributed by atoms with Crippen LogP contribution in [-0.2, 0) is 4.79 Å². The van der Waals surface area contributed by atoms with E-state index >= 15 is 0 Å². The normalized spacial score (nSPS) is 10.5. The first-order chi connectivity index (χ1) is 11.0. The molecule has 6 nitrogen and oxygen atoms in total. The third-order valence-corrected chi connectivity index (χ3v) is 3.49. The Morgan fingerprint density at radius 2 is 2.13 bits per heavy atom. The molecular weight excluding hydrogens is 318 g/mol. The lowest BCUT2D eigenvalue weighted by Gasteiger charge is -2.19. The minimum absolute atomic E-state index is 0.136. The standard InChI is InChI=1S/C16H18ClN3O3/c1-2-3-7-20(10-15(18)21)16(22)13-9-14(23-19-13)11-5-4-6-12(17)8-11/h4-6,8-9H,2-3,7,10H2,1H3,(H2,18,21). The van der Waals surface area contributed by atoms with Crippen molar-refractivity contribution in [3.05, 3.63) is 41.0 Å². The van der Waals surface area contributed by atoms with E-state index in [-0.39, 0.29) is 18.1 Å². The average molecular weight is 336 g/mol. The summed E-state index contributed by atoms with van der Waals surface area (Å²) in [4.78, 5) is 25.0. The van der Waals surface area contributed by atoms with Gasteiger partial charge < -0.3 is 15.2 Å². The van der Waals surface area contributed by atoms with Gasteiger partial charge in [-0.2, -0.15) is 0 Å². The van der Waals surface area contributed by atoms with Crippen molar-refractivity contribution in [2.75, 3.05) is 13.1 Å². The Morgan fingerprint density at radius 3 is 2.78 bits per heavy atom. The van der Waals surface area contributed by atoms with Crippen LogP contribution in [0.5, 0.6) is 0 Å². The fourth-order valence-corrected chi connectivity index (χ4v) is 2.30. The fraction of sp³-hybridized carbons (Fsp3) is 0.312. The second-order valence-electron chi connectivity index (χ2n) is 5.13. The zero-order valence-corrected chi connectivity index (χ0v) is 13.5. The number of amides is 2. The van der Waals surface area contributed by atoms with E-state index < -0.39 is 5.91 Å². The number of nitrogens with zero attached hydrogens (tertiary/aromatic N) is 2. The summed E-state index contributed by atoms with van der Waals surface area (Å²) in [5.41, 5.74) is 6.06. The van der Waals surface area contributed by atoms with Crippen LogP contribution in [0.2, 0.25) is 5.02 Å². The molecule has 0 atom stereocenters. The smallest absolute Gasteiger partial charge is 0.276 e. The Balaban J connectivity index is 2.19. The molecule has 2 aromatic rings. The summed E-state index contributed by atoms with van der Waals surface area (Å²) >= 11 is 5.94. The molecule has 0 saturated heterocycles. The topological polar surface area (TPSA) is 89.4 Å². The molecule has 122 valence electrons. The van der Waals surface area contributed by atoms with E-state index in [0.29, 0.717) is 17.3 Å². The van der Waals surface area contributed by atoms with E-state index in [1.165, 1.54) is 11.0 Å². The first-order valence-corrected chi connectivity index (χ1v) is 7.69. The second-order valence-corrected chi connectivity index (χ2v) is 5.57. The van der Waals surface area contributed by atoms with Crippen molar-refractivity contribution in [2.45, 2.75) is 19.8 Å². The molecule has 2 rings (SSSR count). The summed E-state index contributed by atoms with van der Waals surface area (Å²) in [5, 5.41) is 4.36. The molecule has 0 saturated carbocycles. The lowest BCUT2D eigenvalue weighted by molar-refractivity contribution is -0.118. The van der Waals surface area contributed by atoms with Gasteiger partial charge in [0.2, 0.25) is 5.91 Å². The number of rotatable bonds is 7. The van der Waals surface area contributed by atoms with Crippen LogP contribution in [0.3, 0.4) is 0 Å². The summed E-state index contributed by atoms with van der Waals surface area (Å²) in [5.74, 6) is -0.507. The summed E-state index contributed by atoms with van der Waals surface area (Å²) in [6.07, 6.45) is 1.67. The van der Waals surface area contributed by atoms with Crippen LogP contribution in [0.15, 0.2) is 34.9 Å². The largest absolute Gasteiger partial charge is 0.368 e. The molecule has 0 radical (unpaired) electrons. The van der Waals surface area contributed by atoms with E-state index in [1.54, 1.807) is 24.3 Å². The molecular formula is C16H18ClN3O3. The van der Waals surface area contributed by atoms with Crippen molar-refractivity contribution in [1.29, 1.82) is 0 Å². The predicted octanol–water partition coefficient (Wildman–Crippen LogP) is 2.72. The van der Waals surface area contributed by atoms with Gasteiger partial charge >= 0.3 is 0 Å². The number of primary amides is 1. The quantitative estimate of drug-likeness (QED) is 0.842. The lowest BCUT2D eigenvalue weighted by Crippen LogP contribution is -2.39. The van der Waals surface area contributed by atoms with E-state index in [1.807, 2.05) is 6.92 Å². The van der Waals surface area contributed by atoms with Crippen LogP contribution in [0, 0.1) is 0 Å². The number of carbonyl (C=O) groups excluding carboxylic acids is 2. The molecule has 1 aromatic carbocycles. The molecule has 0 bridgehead atoms. The highest BCUT2D eigenvalue weighted by atomic mass is 35.5. The molecule has 0 fully saturated rings. The monoisotopic (exact) mass is 335 g/mol. The SMILES string of the molecule is CCCCN(CC(N)=O)C(=O)c1cc(-c2cccc(Cl)c2)on1. The van der Waals surface area contributed by atoms with Crippen molar-refractivity contribution in [2.24, 2.45) is 5.73 Å². The van der Waals surface area contributed by atoms with Crippen LogP contribution in [-0.4, -0.2) is 35.0 Å². The van der Waals surface area contributed by atoms with Gasteiger partial charge in [0.1, 0.15) is 0 Å². The maximum atomic E-state index is 12.5. The van der Waals surface area contributed by atoms with Gasteiger partial charge in [-0.05, 0) is 18.6 Å². The Hall–Kier alpha value is -2.34. The lowest BCUT2D eigenvalue weighted by atomic mass is 10.1. The summed E-state index contributed by atoms with van der Waals surface area (Å²) < 4.78 is 5.21. The molecule has 7 heteroatoms. The highest BCUT2D eigenvalue weighted by molar-refractivity contribution is 6.30. The molecule has 0 unspecified atom stereocenters. The fourth-order valence-electron chi connectivity index (χ4n) is 2.11. The van der Waals surface area contributed by atoms with Crippen LogP contribution in [0.4, 0.5) is 0 Å². The molecule has 1 aromatic heterocycles. The highest BCUT2D eigenvalue weighted by Gasteiger charge is 2.21. The minimum atomic E-state index is -0.562. The maximum absolute atomic E-state index is 12.5. The number of hydrogen-bond acceptors (Lipinski definition) is 4. The second kappa shape index (κ2) is 7.78. The minimum Gasteiger partial charge on any atom is -0.368 e. The third kappa shape index (κ3) is 4.56. The number of nitrogens with two attached hydrogens (primary N) is 1. The zero-order valence-electron chi connectivity index (χ0n) is 12.8. The first kappa shape index (κ1) is 17.0. The van der Waals surface area contributed by atoms with Crippen LogP contribution < -0.4 is 5.73 Å². The van der Waals surface area contributed by atoms with Gasteiger partial charge in [0.05, 0.1) is 6.54 Å². The van der Waals surface area contributed by atoms with Crippen molar-refractivity contribution in [3.8, 4) is 11.3 Å². The average Bonchev–Trinajstić information content (AvgIpc) is 3.00. The maximum Gasteiger partial charge on any atom is 0.276 e. The van der Waals surface area contributed by atoms with Gasteiger partial charge in [-0.3, -0.25) is 9.59 Å². The highest BCUT2D eigenvalue weighted by Crippen LogP contribution is 2.23. The number of benzene rings is 1. The van der Waals surface area contributed by atoms with Crippen molar-refractivity contribution >= 4 is 23.4 Å². The van der Waals surface area contributed by atoms with E-state index in [4.69, 9.17) is 21.9 Å². The molecule has 0 aliphatic carbocycles.